The number of anilines is 1. The Kier molecular flexibility index (Phi) is 5.83. The van der Waals surface area contributed by atoms with Gasteiger partial charge in [0.1, 0.15) is 12.6 Å². The second-order valence-corrected chi connectivity index (χ2v) is 7.22. The first kappa shape index (κ1) is 20.8. The zero-order valence-corrected chi connectivity index (χ0v) is 16.8. The predicted molar refractivity (Wildman–Crippen MR) is 105 cm³/mol. The number of carbonyl (C=O) groups is 2. The lowest BCUT2D eigenvalue weighted by atomic mass is 10.3. The molecule has 3 amide bonds. The molecule has 11 heteroatoms. The number of hydrogen-bond acceptors (Lipinski definition) is 6. The molecule has 9 nitrogen and oxygen atoms in total. The molecule has 0 aliphatic carbocycles. The molecule has 31 heavy (non-hydrogen) atoms. The van der Waals surface area contributed by atoms with Crippen molar-refractivity contribution >= 4 is 17.6 Å². The van der Waals surface area contributed by atoms with Crippen molar-refractivity contribution in [2.75, 3.05) is 44.7 Å². The minimum atomic E-state index is -1.02. The Balaban J connectivity index is 1.31. The van der Waals surface area contributed by atoms with Crippen molar-refractivity contribution in [3.8, 4) is 11.8 Å². The second kappa shape index (κ2) is 8.70. The van der Waals surface area contributed by atoms with Crippen LogP contribution in [0.4, 0.5) is 19.3 Å². The van der Waals surface area contributed by atoms with Crippen LogP contribution in [0.2, 0.25) is 0 Å². The Bertz CT molecular complexity index is 992. The summed E-state index contributed by atoms with van der Waals surface area (Å²) in [5, 5.41) is 0. The fraction of sp³-hybridized carbons (Fsp3) is 0.400. The normalized spacial score (nSPS) is 18.6. The SMILES string of the molecule is COc1cncc(OC2CCN(C(=O)CN3CCN(c4ccc(F)c(F)c4)C3=O)C2)n1. The van der Waals surface area contributed by atoms with Gasteiger partial charge in [-0.3, -0.25) is 14.7 Å². The quantitative estimate of drug-likeness (QED) is 0.689. The summed E-state index contributed by atoms with van der Waals surface area (Å²) in [5.41, 5.74) is 0.257. The number of carbonyl (C=O) groups excluding carboxylic acids is 2. The standard InChI is InChI=1S/C20H21F2N5O4/c1-30-17-9-23-10-18(24-17)31-14-4-5-25(11-14)19(28)12-26-6-7-27(20(26)29)13-2-3-15(21)16(22)8-13/h2-3,8-10,14H,4-7,11-12H2,1H3. The Morgan fingerprint density at radius 1 is 1.16 bits per heavy atom. The fourth-order valence-corrected chi connectivity index (χ4v) is 3.59. The van der Waals surface area contributed by atoms with Crippen LogP contribution in [0.3, 0.4) is 0 Å². The van der Waals surface area contributed by atoms with E-state index in [2.05, 4.69) is 9.97 Å². The van der Waals surface area contributed by atoms with Gasteiger partial charge in [-0.05, 0) is 12.1 Å². The number of nitrogens with zero attached hydrogens (tertiary/aromatic N) is 5. The maximum Gasteiger partial charge on any atom is 0.325 e. The molecule has 2 aromatic rings. The van der Waals surface area contributed by atoms with E-state index in [0.717, 1.165) is 12.1 Å². The Hall–Kier alpha value is -3.50. The molecular weight excluding hydrogens is 412 g/mol. The van der Waals surface area contributed by atoms with Crippen LogP contribution in [-0.4, -0.2) is 77.6 Å². The Morgan fingerprint density at radius 2 is 1.97 bits per heavy atom. The molecule has 2 aliphatic rings. The van der Waals surface area contributed by atoms with E-state index in [1.165, 1.54) is 35.4 Å². The van der Waals surface area contributed by atoms with Crippen LogP contribution >= 0.6 is 0 Å². The van der Waals surface area contributed by atoms with Gasteiger partial charge in [-0.1, -0.05) is 0 Å². The zero-order chi connectivity index (χ0) is 22.0. The molecule has 164 valence electrons. The van der Waals surface area contributed by atoms with E-state index >= 15 is 0 Å². The zero-order valence-electron chi connectivity index (χ0n) is 16.8. The topological polar surface area (TPSA) is 88.1 Å². The van der Waals surface area contributed by atoms with Gasteiger partial charge in [0.15, 0.2) is 11.6 Å². The van der Waals surface area contributed by atoms with Crippen LogP contribution in [-0.2, 0) is 4.79 Å². The lowest BCUT2D eigenvalue weighted by Gasteiger charge is -2.22. The van der Waals surface area contributed by atoms with Crippen molar-refractivity contribution in [3.05, 3.63) is 42.2 Å². The summed E-state index contributed by atoms with van der Waals surface area (Å²) in [6.45, 7) is 1.38. The number of halogens is 2. The van der Waals surface area contributed by atoms with Gasteiger partial charge in [-0.15, -0.1) is 0 Å². The molecular formula is C20H21F2N5O4. The third-order valence-corrected chi connectivity index (χ3v) is 5.22. The van der Waals surface area contributed by atoms with Crippen molar-refractivity contribution in [2.45, 2.75) is 12.5 Å². The maximum atomic E-state index is 13.5. The number of methoxy groups -OCH3 is 1. The lowest BCUT2D eigenvalue weighted by Crippen LogP contribution is -2.42. The summed E-state index contributed by atoms with van der Waals surface area (Å²) in [5.74, 6) is -1.56. The molecule has 1 aromatic heterocycles. The molecule has 1 atom stereocenters. The average Bonchev–Trinajstić information content (AvgIpc) is 3.37. The van der Waals surface area contributed by atoms with Gasteiger partial charge in [0.2, 0.25) is 17.7 Å². The smallest absolute Gasteiger partial charge is 0.325 e. The van der Waals surface area contributed by atoms with E-state index in [4.69, 9.17) is 9.47 Å². The van der Waals surface area contributed by atoms with Crippen molar-refractivity contribution in [2.24, 2.45) is 0 Å². The summed E-state index contributed by atoms with van der Waals surface area (Å²) in [6, 6.07) is 2.87. The fourth-order valence-electron chi connectivity index (χ4n) is 3.59. The minimum absolute atomic E-state index is 0.0926. The Labute approximate surface area is 177 Å². The van der Waals surface area contributed by atoms with Crippen LogP contribution in [0, 0.1) is 11.6 Å². The maximum absolute atomic E-state index is 13.5. The molecule has 2 aliphatic heterocycles. The highest BCUT2D eigenvalue weighted by Crippen LogP contribution is 2.23. The molecule has 2 fully saturated rings. The van der Waals surface area contributed by atoms with E-state index in [1.54, 1.807) is 4.90 Å². The summed E-state index contributed by atoms with van der Waals surface area (Å²) in [4.78, 5) is 37.8. The largest absolute Gasteiger partial charge is 0.480 e. The summed E-state index contributed by atoms with van der Waals surface area (Å²) in [6.07, 6.45) is 3.33. The number of amides is 3. The minimum Gasteiger partial charge on any atom is -0.480 e. The van der Waals surface area contributed by atoms with Crippen LogP contribution in [0.1, 0.15) is 6.42 Å². The van der Waals surface area contributed by atoms with Gasteiger partial charge in [-0.2, -0.15) is 4.98 Å². The van der Waals surface area contributed by atoms with E-state index in [1.807, 2.05) is 0 Å². The molecule has 4 rings (SSSR count). The monoisotopic (exact) mass is 433 g/mol. The summed E-state index contributed by atoms with van der Waals surface area (Å²) < 4.78 is 37.4. The number of ether oxygens (including phenoxy) is 2. The van der Waals surface area contributed by atoms with E-state index < -0.39 is 17.7 Å². The number of urea groups is 1. The van der Waals surface area contributed by atoms with Gasteiger partial charge in [0, 0.05) is 37.8 Å². The number of hydrogen-bond donors (Lipinski definition) is 0. The molecule has 2 saturated heterocycles. The number of aromatic nitrogens is 2. The van der Waals surface area contributed by atoms with Gasteiger partial charge < -0.3 is 19.3 Å². The number of benzene rings is 1. The molecule has 1 aromatic carbocycles. The van der Waals surface area contributed by atoms with Crippen molar-refractivity contribution in [1.82, 2.24) is 19.8 Å². The highest BCUT2D eigenvalue weighted by Gasteiger charge is 2.34. The van der Waals surface area contributed by atoms with Crippen LogP contribution in [0.5, 0.6) is 11.8 Å². The van der Waals surface area contributed by atoms with Gasteiger partial charge in [-0.25, -0.2) is 13.6 Å². The third-order valence-electron chi connectivity index (χ3n) is 5.22. The van der Waals surface area contributed by atoms with Crippen LogP contribution in [0.25, 0.3) is 0 Å². The second-order valence-electron chi connectivity index (χ2n) is 7.22. The van der Waals surface area contributed by atoms with Crippen LogP contribution in [0.15, 0.2) is 30.6 Å². The molecule has 0 radical (unpaired) electrons. The molecule has 0 N–H and O–H groups in total. The first-order valence-electron chi connectivity index (χ1n) is 9.76. The highest BCUT2D eigenvalue weighted by molar-refractivity contribution is 5.96. The van der Waals surface area contributed by atoms with Crippen molar-refractivity contribution < 1.29 is 27.8 Å². The number of rotatable bonds is 6. The van der Waals surface area contributed by atoms with Crippen molar-refractivity contribution in [3.63, 3.8) is 0 Å². The molecule has 3 heterocycles. The first-order valence-corrected chi connectivity index (χ1v) is 9.76. The first-order chi connectivity index (χ1) is 14.9. The van der Waals surface area contributed by atoms with E-state index in [0.29, 0.717) is 37.8 Å². The van der Waals surface area contributed by atoms with Crippen molar-refractivity contribution in [1.29, 1.82) is 0 Å². The average molecular weight is 433 g/mol. The van der Waals surface area contributed by atoms with Gasteiger partial charge in [0.05, 0.1) is 26.0 Å². The lowest BCUT2D eigenvalue weighted by molar-refractivity contribution is -0.130. The summed E-state index contributed by atoms with van der Waals surface area (Å²) >= 11 is 0. The Morgan fingerprint density at radius 3 is 2.74 bits per heavy atom. The molecule has 0 bridgehead atoms. The molecule has 0 spiro atoms. The van der Waals surface area contributed by atoms with Gasteiger partial charge in [0.25, 0.3) is 0 Å². The van der Waals surface area contributed by atoms with Gasteiger partial charge >= 0.3 is 6.03 Å². The number of likely N-dealkylation sites (tertiary alicyclic amines) is 1. The predicted octanol–water partition coefficient (Wildman–Crippen LogP) is 1.69. The molecule has 1 unspecified atom stereocenters. The third kappa shape index (κ3) is 4.49. The highest BCUT2D eigenvalue weighted by atomic mass is 19.2. The molecule has 0 saturated carbocycles. The van der Waals surface area contributed by atoms with E-state index in [-0.39, 0.29) is 30.8 Å². The summed E-state index contributed by atoms with van der Waals surface area (Å²) in [7, 11) is 1.48. The van der Waals surface area contributed by atoms with E-state index in [9.17, 15) is 18.4 Å². The van der Waals surface area contributed by atoms with Crippen LogP contribution < -0.4 is 14.4 Å².